The summed E-state index contributed by atoms with van der Waals surface area (Å²) >= 11 is 5.19. The van der Waals surface area contributed by atoms with Gasteiger partial charge in [0.1, 0.15) is 18.9 Å². The van der Waals surface area contributed by atoms with Crippen molar-refractivity contribution >= 4 is 85.8 Å². The molecule has 0 spiro atoms. The van der Waals surface area contributed by atoms with Crippen LogP contribution in [0.15, 0.2) is 65.6 Å². The van der Waals surface area contributed by atoms with Gasteiger partial charge in [0.25, 0.3) is 11.1 Å². The number of carbonyl (C=O) groups excluding carboxylic acids is 3. The van der Waals surface area contributed by atoms with E-state index in [-0.39, 0.29) is 11.7 Å². The maximum Gasteiger partial charge on any atom is 0.294 e. The lowest BCUT2D eigenvalue weighted by Crippen LogP contribution is -2.36. The van der Waals surface area contributed by atoms with Gasteiger partial charge < -0.3 is 19.5 Å². The number of nitrogens with one attached hydrogen (secondary N) is 1. The predicted molar refractivity (Wildman–Crippen MR) is 157 cm³/mol. The lowest BCUT2D eigenvalue weighted by Gasteiger charge is -2.13. The molecule has 1 saturated heterocycles. The molecule has 2 aliphatic rings. The first-order valence-electron chi connectivity index (χ1n) is 11.0. The highest BCUT2D eigenvalue weighted by atomic mass is 127. The number of imide groups is 1. The van der Waals surface area contributed by atoms with Crippen molar-refractivity contribution in [1.29, 1.82) is 0 Å². The fourth-order valence-corrected chi connectivity index (χ4v) is 6.54. The molecule has 2 aliphatic heterocycles. The summed E-state index contributed by atoms with van der Waals surface area (Å²) in [6.45, 7) is 0.0752. The van der Waals surface area contributed by atoms with Crippen molar-refractivity contribution in [2.75, 3.05) is 18.7 Å². The van der Waals surface area contributed by atoms with Crippen LogP contribution in [0.25, 0.3) is 6.08 Å². The number of hydrogen-bond acceptors (Lipinski definition) is 7. The zero-order valence-corrected chi connectivity index (χ0v) is 24.2. The first-order chi connectivity index (χ1) is 17.9. The van der Waals surface area contributed by atoms with Gasteiger partial charge in [-0.05, 0) is 92.8 Å². The normalized spacial score (nSPS) is 15.4. The number of rotatable bonds is 7. The molecule has 0 bridgehead atoms. The van der Waals surface area contributed by atoms with Crippen molar-refractivity contribution < 1.29 is 28.6 Å². The molecule has 0 radical (unpaired) electrons. The van der Waals surface area contributed by atoms with Crippen LogP contribution in [0.1, 0.15) is 11.1 Å². The molecule has 37 heavy (non-hydrogen) atoms. The Morgan fingerprint density at radius 3 is 2.65 bits per heavy atom. The first-order valence-corrected chi connectivity index (χ1v) is 14.0. The molecular formula is C26H18I2N2O6S. The average Bonchev–Trinajstić information content (AvgIpc) is 3.43. The minimum atomic E-state index is -0.529. The van der Waals surface area contributed by atoms with E-state index < -0.39 is 23.6 Å². The van der Waals surface area contributed by atoms with Crippen molar-refractivity contribution in [3.05, 3.63) is 83.8 Å². The van der Waals surface area contributed by atoms with E-state index in [4.69, 9.17) is 14.2 Å². The average molecular weight is 740 g/mol. The van der Waals surface area contributed by atoms with E-state index in [1.54, 1.807) is 24.3 Å². The van der Waals surface area contributed by atoms with Gasteiger partial charge >= 0.3 is 0 Å². The third-order valence-electron chi connectivity index (χ3n) is 5.38. The summed E-state index contributed by atoms with van der Waals surface area (Å²) in [7, 11) is 0. The Balaban J connectivity index is 1.31. The van der Waals surface area contributed by atoms with E-state index in [9.17, 15) is 14.4 Å². The van der Waals surface area contributed by atoms with Gasteiger partial charge in [0, 0.05) is 20.9 Å². The Labute approximate surface area is 244 Å². The number of benzene rings is 3. The highest BCUT2D eigenvalue weighted by molar-refractivity contribution is 14.1. The fraction of sp³-hybridized carbons (Fsp3) is 0.115. The summed E-state index contributed by atoms with van der Waals surface area (Å²) < 4.78 is 18.5. The van der Waals surface area contributed by atoms with Crippen LogP contribution in [0.3, 0.4) is 0 Å². The van der Waals surface area contributed by atoms with Gasteiger partial charge in [0.05, 0.1) is 8.48 Å². The van der Waals surface area contributed by atoms with E-state index in [0.717, 1.165) is 29.4 Å². The molecule has 0 unspecified atom stereocenters. The number of halogens is 2. The quantitative estimate of drug-likeness (QED) is 0.239. The topological polar surface area (TPSA) is 94.2 Å². The molecule has 0 atom stereocenters. The molecule has 1 fully saturated rings. The molecule has 0 aromatic heterocycles. The van der Waals surface area contributed by atoms with Gasteiger partial charge in [-0.3, -0.25) is 19.3 Å². The minimum absolute atomic E-state index is 0.119. The van der Waals surface area contributed by atoms with Gasteiger partial charge in [-0.2, -0.15) is 0 Å². The molecule has 0 saturated carbocycles. The highest BCUT2D eigenvalue weighted by Crippen LogP contribution is 2.37. The van der Waals surface area contributed by atoms with Crippen LogP contribution in [-0.4, -0.2) is 35.3 Å². The van der Waals surface area contributed by atoms with Crippen LogP contribution < -0.4 is 19.5 Å². The molecule has 1 N–H and O–H groups in total. The Morgan fingerprint density at radius 1 is 1.05 bits per heavy atom. The number of hydrogen-bond donors (Lipinski definition) is 1. The molecule has 11 heteroatoms. The summed E-state index contributed by atoms with van der Waals surface area (Å²) in [4.78, 5) is 39.5. The number of nitrogens with zero attached hydrogens (tertiary/aromatic N) is 1. The number of fused-ring (bicyclic) bond motifs is 1. The molecule has 8 nitrogen and oxygen atoms in total. The lowest BCUT2D eigenvalue weighted by atomic mass is 10.1. The largest absolute Gasteiger partial charge is 0.487 e. The standard InChI is InChI=1S/C26H18I2N2O6S/c27-17-8-16(24(19(28)10-17)34-13-15-4-2-1-3-5-15)9-22-25(32)30(26(33)37-22)12-23(31)29-18-6-7-20-21(11-18)36-14-35-20/h1-11H,12-14H2,(H,29,31)/b22-9+. The van der Waals surface area contributed by atoms with Gasteiger partial charge in [-0.1, -0.05) is 30.3 Å². The lowest BCUT2D eigenvalue weighted by molar-refractivity contribution is -0.127. The summed E-state index contributed by atoms with van der Waals surface area (Å²) in [5.74, 6) is 0.699. The van der Waals surface area contributed by atoms with Gasteiger partial charge in [0.2, 0.25) is 12.7 Å². The van der Waals surface area contributed by atoms with E-state index >= 15 is 0 Å². The van der Waals surface area contributed by atoms with E-state index in [1.807, 2.05) is 42.5 Å². The first kappa shape index (κ1) is 25.9. The molecule has 3 aromatic carbocycles. The summed E-state index contributed by atoms with van der Waals surface area (Å²) in [5.41, 5.74) is 2.17. The highest BCUT2D eigenvalue weighted by Gasteiger charge is 2.36. The van der Waals surface area contributed by atoms with Crippen LogP contribution in [0, 0.1) is 7.14 Å². The molecule has 3 amide bonds. The number of carbonyl (C=O) groups is 3. The maximum atomic E-state index is 13.1. The molecule has 3 aromatic rings. The predicted octanol–water partition coefficient (Wildman–Crippen LogP) is 5.88. The van der Waals surface area contributed by atoms with E-state index in [1.165, 1.54) is 0 Å². The van der Waals surface area contributed by atoms with Crippen LogP contribution in [0.4, 0.5) is 10.5 Å². The van der Waals surface area contributed by atoms with E-state index in [2.05, 4.69) is 50.5 Å². The van der Waals surface area contributed by atoms with Crippen molar-refractivity contribution in [1.82, 2.24) is 4.90 Å². The second-order valence-corrected chi connectivity index (χ2v) is 11.4. The molecule has 0 aliphatic carbocycles. The summed E-state index contributed by atoms with van der Waals surface area (Å²) in [6.07, 6.45) is 1.64. The second-order valence-electron chi connectivity index (χ2n) is 7.96. The Hall–Kier alpha value is -2.78. The Bertz CT molecular complexity index is 1430. The van der Waals surface area contributed by atoms with Gasteiger partial charge in [0.15, 0.2) is 11.5 Å². The van der Waals surface area contributed by atoms with Gasteiger partial charge in [-0.25, -0.2) is 0 Å². The number of ether oxygens (including phenoxy) is 3. The van der Waals surface area contributed by atoms with E-state index in [0.29, 0.717) is 35.1 Å². The van der Waals surface area contributed by atoms with Crippen molar-refractivity contribution in [3.8, 4) is 17.2 Å². The third-order valence-corrected chi connectivity index (χ3v) is 7.71. The fourth-order valence-electron chi connectivity index (χ4n) is 3.67. The Morgan fingerprint density at radius 2 is 1.84 bits per heavy atom. The molecule has 5 rings (SSSR count). The second kappa shape index (κ2) is 11.3. The number of thioether (sulfide) groups is 1. The van der Waals surface area contributed by atoms with Crippen LogP contribution in [0.5, 0.6) is 17.2 Å². The number of amides is 3. The Kier molecular flexibility index (Phi) is 7.90. The minimum Gasteiger partial charge on any atom is -0.487 e. The summed E-state index contributed by atoms with van der Waals surface area (Å²) in [6, 6.07) is 18.6. The SMILES string of the molecule is O=C(CN1C(=O)S/C(=C/c2cc(I)cc(I)c2OCc2ccccc2)C1=O)Nc1ccc2c(c1)OCO2. The molecule has 188 valence electrons. The van der Waals surface area contributed by atoms with Crippen LogP contribution in [-0.2, 0) is 16.2 Å². The van der Waals surface area contributed by atoms with Crippen LogP contribution in [0.2, 0.25) is 0 Å². The number of anilines is 1. The van der Waals surface area contributed by atoms with Crippen molar-refractivity contribution in [2.45, 2.75) is 6.61 Å². The van der Waals surface area contributed by atoms with Crippen LogP contribution >= 0.6 is 56.9 Å². The molecule has 2 heterocycles. The smallest absolute Gasteiger partial charge is 0.294 e. The monoisotopic (exact) mass is 740 g/mol. The van der Waals surface area contributed by atoms with Gasteiger partial charge in [-0.15, -0.1) is 0 Å². The zero-order valence-electron chi connectivity index (χ0n) is 19.0. The van der Waals surface area contributed by atoms with Crippen molar-refractivity contribution in [2.24, 2.45) is 0 Å². The molecular weight excluding hydrogens is 722 g/mol. The zero-order chi connectivity index (χ0) is 25.9. The third kappa shape index (κ3) is 6.04. The van der Waals surface area contributed by atoms with Crippen molar-refractivity contribution in [3.63, 3.8) is 0 Å². The summed E-state index contributed by atoms with van der Waals surface area (Å²) in [5, 5.41) is 2.18. The maximum absolute atomic E-state index is 13.1.